The number of tetrazole rings is 1. The van der Waals surface area contributed by atoms with E-state index in [9.17, 15) is 13.2 Å². The minimum absolute atomic E-state index is 0.0235. The summed E-state index contributed by atoms with van der Waals surface area (Å²) in [4.78, 5) is 15.8. The van der Waals surface area contributed by atoms with Gasteiger partial charge >= 0.3 is 0 Å². The molecule has 158 valence electrons. The normalized spacial score (nSPS) is 17.8. The number of hydrogen-bond donors (Lipinski definition) is 0. The molecule has 0 saturated carbocycles. The van der Waals surface area contributed by atoms with Crippen LogP contribution in [0.25, 0.3) is 5.69 Å². The van der Waals surface area contributed by atoms with E-state index in [2.05, 4.69) is 15.5 Å². The number of amides is 1. The summed E-state index contributed by atoms with van der Waals surface area (Å²) in [6.07, 6.45) is 0.477. The lowest BCUT2D eigenvalue weighted by molar-refractivity contribution is -0.130. The molecule has 1 aromatic carbocycles. The van der Waals surface area contributed by atoms with Crippen molar-refractivity contribution in [2.75, 3.05) is 17.3 Å². The van der Waals surface area contributed by atoms with Gasteiger partial charge in [-0.1, -0.05) is 36.0 Å². The number of carbonyl (C=O) groups is 1. The van der Waals surface area contributed by atoms with E-state index in [1.807, 2.05) is 48.7 Å². The highest BCUT2D eigenvalue weighted by molar-refractivity contribution is 7.99. The first kappa shape index (κ1) is 21.0. The molecule has 11 heteroatoms. The van der Waals surface area contributed by atoms with Crippen LogP contribution in [0.5, 0.6) is 0 Å². The van der Waals surface area contributed by atoms with Gasteiger partial charge in [0.1, 0.15) is 0 Å². The van der Waals surface area contributed by atoms with E-state index in [-0.39, 0.29) is 29.2 Å². The van der Waals surface area contributed by atoms with E-state index in [0.717, 1.165) is 16.1 Å². The van der Waals surface area contributed by atoms with Gasteiger partial charge in [0.15, 0.2) is 9.84 Å². The van der Waals surface area contributed by atoms with Gasteiger partial charge in [-0.2, -0.15) is 4.68 Å². The predicted molar refractivity (Wildman–Crippen MR) is 117 cm³/mol. The molecule has 4 rings (SSSR count). The van der Waals surface area contributed by atoms with Crippen molar-refractivity contribution in [3.8, 4) is 5.69 Å². The van der Waals surface area contributed by atoms with Crippen molar-refractivity contribution in [3.63, 3.8) is 0 Å². The fourth-order valence-corrected chi connectivity index (χ4v) is 6.65. The zero-order valence-electron chi connectivity index (χ0n) is 16.3. The minimum Gasteiger partial charge on any atom is -0.333 e. The number of aryl methyl sites for hydroxylation is 1. The van der Waals surface area contributed by atoms with Gasteiger partial charge in [-0.05, 0) is 46.8 Å². The van der Waals surface area contributed by atoms with Crippen LogP contribution < -0.4 is 0 Å². The second-order valence-electron chi connectivity index (χ2n) is 7.11. The molecular formula is C19H21N5O3S3. The second kappa shape index (κ2) is 8.86. The number of rotatable bonds is 7. The third-order valence-corrected chi connectivity index (χ3v) is 8.50. The molecule has 1 amide bonds. The van der Waals surface area contributed by atoms with Crippen molar-refractivity contribution < 1.29 is 13.2 Å². The SMILES string of the molecule is Cc1ccccc1-n1nnnc1SCC(=O)N(Cc1cccs1)[C@H]1CCS(=O)(=O)C1. The van der Waals surface area contributed by atoms with Gasteiger partial charge in [0, 0.05) is 10.9 Å². The van der Waals surface area contributed by atoms with Gasteiger partial charge in [-0.25, -0.2) is 8.42 Å². The van der Waals surface area contributed by atoms with E-state index >= 15 is 0 Å². The molecule has 1 aliphatic heterocycles. The molecule has 0 aliphatic carbocycles. The lowest BCUT2D eigenvalue weighted by Gasteiger charge is -2.27. The van der Waals surface area contributed by atoms with Crippen LogP contribution in [-0.4, -0.2) is 62.7 Å². The highest BCUT2D eigenvalue weighted by Crippen LogP contribution is 2.25. The number of sulfone groups is 1. The van der Waals surface area contributed by atoms with Crippen molar-refractivity contribution in [2.45, 2.75) is 31.1 Å². The Morgan fingerprint density at radius 3 is 2.83 bits per heavy atom. The molecule has 3 heterocycles. The Labute approximate surface area is 183 Å². The number of thiophene rings is 1. The number of para-hydroxylation sites is 1. The topological polar surface area (TPSA) is 98.1 Å². The average Bonchev–Trinajstić information content (AvgIpc) is 3.45. The largest absolute Gasteiger partial charge is 0.333 e. The summed E-state index contributed by atoms with van der Waals surface area (Å²) in [6, 6.07) is 11.3. The molecule has 1 fully saturated rings. The third-order valence-electron chi connectivity index (χ3n) is 4.99. The molecule has 1 saturated heterocycles. The van der Waals surface area contributed by atoms with Crippen LogP contribution in [0.1, 0.15) is 16.9 Å². The maximum Gasteiger partial charge on any atom is 0.233 e. The van der Waals surface area contributed by atoms with Gasteiger partial charge in [0.25, 0.3) is 0 Å². The van der Waals surface area contributed by atoms with Crippen molar-refractivity contribution in [3.05, 3.63) is 52.2 Å². The standard InChI is InChI=1S/C19H21N5O3S3/c1-14-5-2-3-7-17(14)24-19(20-21-22-24)29-12-18(25)23(11-16-6-4-9-28-16)15-8-10-30(26,27)13-15/h2-7,9,15H,8,10-13H2,1H3/t15-/m0/s1. The first-order chi connectivity index (χ1) is 14.4. The molecule has 0 unspecified atom stereocenters. The van der Waals surface area contributed by atoms with E-state index in [0.29, 0.717) is 18.1 Å². The van der Waals surface area contributed by atoms with Crippen LogP contribution in [0.2, 0.25) is 0 Å². The van der Waals surface area contributed by atoms with Gasteiger partial charge in [-0.3, -0.25) is 4.79 Å². The molecule has 2 aromatic heterocycles. The van der Waals surface area contributed by atoms with E-state index < -0.39 is 9.84 Å². The maximum absolute atomic E-state index is 13.1. The van der Waals surface area contributed by atoms with E-state index in [1.165, 1.54) is 11.8 Å². The minimum atomic E-state index is -3.09. The molecule has 1 aliphatic rings. The highest BCUT2D eigenvalue weighted by Gasteiger charge is 2.35. The molecular weight excluding hydrogens is 442 g/mol. The number of hydrogen-bond acceptors (Lipinski definition) is 8. The number of benzene rings is 1. The van der Waals surface area contributed by atoms with Crippen LogP contribution in [0.3, 0.4) is 0 Å². The molecule has 0 spiro atoms. The molecule has 3 aromatic rings. The van der Waals surface area contributed by atoms with Crippen molar-refractivity contribution in [2.24, 2.45) is 0 Å². The summed E-state index contributed by atoms with van der Waals surface area (Å²) in [5.74, 6) is 0.170. The van der Waals surface area contributed by atoms with Gasteiger partial charge in [-0.15, -0.1) is 16.4 Å². The Kier molecular flexibility index (Phi) is 6.21. The van der Waals surface area contributed by atoms with Crippen molar-refractivity contribution in [1.82, 2.24) is 25.1 Å². The van der Waals surface area contributed by atoms with Crippen LogP contribution in [0.4, 0.5) is 0 Å². The first-order valence-electron chi connectivity index (χ1n) is 9.42. The smallest absolute Gasteiger partial charge is 0.233 e. The van der Waals surface area contributed by atoms with Crippen molar-refractivity contribution in [1.29, 1.82) is 0 Å². The Bertz CT molecular complexity index is 1130. The van der Waals surface area contributed by atoms with E-state index in [4.69, 9.17) is 0 Å². The summed E-state index contributed by atoms with van der Waals surface area (Å²) in [5.41, 5.74) is 1.88. The Morgan fingerprint density at radius 2 is 2.13 bits per heavy atom. The third kappa shape index (κ3) is 4.73. The first-order valence-corrected chi connectivity index (χ1v) is 13.1. The lowest BCUT2D eigenvalue weighted by atomic mass is 10.2. The number of nitrogens with zero attached hydrogens (tertiary/aromatic N) is 5. The van der Waals surface area contributed by atoms with Gasteiger partial charge < -0.3 is 4.90 Å². The monoisotopic (exact) mass is 463 g/mol. The molecule has 0 bridgehead atoms. The molecule has 0 radical (unpaired) electrons. The van der Waals surface area contributed by atoms with Crippen LogP contribution in [0.15, 0.2) is 46.9 Å². The maximum atomic E-state index is 13.1. The molecule has 1 atom stereocenters. The highest BCUT2D eigenvalue weighted by atomic mass is 32.2. The Morgan fingerprint density at radius 1 is 1.30 bits per heavy atom. The van der Waals surface area contributed by atoms with Crippen LogP contribution in [-0.2, 0) is 21.2 Å². The zero-order valence-corrected chi connectivity index (χ0v) is 18.8. The molecule has 8 nitrogen and oxygen atoms in total. The Hall–Kier alpha value is -2.24. The van der Waals surface area contributed by atoms with Crippen molar-refractivity contribution >= 4 is 38.8 Å². The van der Waals surface area contributed by atoms with Crippen LogP contribution in [0, 0.1) is 6.92 Å². The number of thioether (sulfide) groups is 1. The van der Waals surface area contributed by atoms with Gasteiger partial charge in [0.2, 0.25) is 11.1 Å². The summed E-state index contributed by atoms with van der Waals surface area (Å²) in [5, 5.41) is 14.4. The molecule has 0 N–H and O–H groups in total. The Balaban J connectivity index is 1.50. The quantitative estimate of drug-likeness (QED) is 0.496. The summed E-state index contributed by atoms with van der Waals surface area (Å²) in [7, 11) is -3.09. The average molecular weight is 464 g/mol. The summed E-state index contributed by atoms with van der Waals surface area (Å²) in [6.45, 7) is 2.39. The number of carbonyl (C=O) groups excluding carboxylic acids is 1. The van der Waals surface area contributed by atoms with Crippen LogP contribution >= 0.6 is 23.1 Å². The summed E-state index contributed by atoms with van der Waals surface area (Å²) < 4.78 is 25.6. The van der Waals surface area contributed by atoms with E-state index in [1.54, 1.807) is 20.9 Å². The second-order valence-corrected chi connectivity index (χ2v) is 11.3. The fraction of sp³-hybridized carbons (Fsp3) is 0.368. The molecule has 30 heavy (non-hydrogen) atoms. The lowest BCUT2D eigenvalue weighted by Crippen LogP contribution is -2.41. The predicted octanol–water partition coefficient (Wildman–Crippen LogP) is 2.34. The zero-order chi connectivity index (χ0) is 21.1. The fourth-order valence-electron chi connectivity index (χ4n) is 3.44. The van der Waals surface area contributed by atoms with Gasteiger partial charge in [0.05, 0.1) is 29.5 Å². The number of aromatic nitrogens is 4. The summed E-state index contributed by atoms with van der Waals surface area (Å²) >= 11 is 2.81.